The van der Waals surface area contributed by atoms with Gasteiger partial charge in [0.2, 0.25) is 0 Å². The Bertz CT molecular complexity index is 732. The average Bonchev–Trinajstić information content (AvgIpc) is 2.78. The van der Waals surface area contributed by atoms with Crippen molar-refractivity contribution in [3.8, 4) is 0 Å². The highest BCUT2D eigenvalue weighted by atomic mass is 16.2. The van der Waals surface area contributed by atoms with Gasteiger partial charge >= 0.3 is 11.8 Å². The number of amides is 2. The van der Waals surface area contributed by atoms with Gasteiger partial charge in [0.25, 0.3) is 0 Å². The maximum Gasteiger partial charge on any atom is 0.311 e. The molecule has 1 aliphatic rings. The van der Waals surface area contributed by atoms with Crippen LogP contribution in [0.2, 0.25) is 0 Å². The molecule has 1 heterocycles. The first-order chi connectivity index (χ1) is 14.2. The van der Waals surface area contributed by atoms with Crippen LogP contribution in [0.4, 0.5) is 0 Å². The molecule has 1 saturated heterocycles. The molecule has 2 aromatic rings. The van der Waals surface area contributed by atoms with Crippen LogP contribution in [0.25, 0.3) is 0 Å². The van der Waals surface area contributed by atoms with Gasteiger partial charge in [-0.05, 0) is 17.5 Å². The van der Waals surface area contributed by atoms with Crippen LogP contribution in [0.1, 0.15) is 43.4 Å². The normalized spacial score (nSPS) is 14.8. The fraction of sp³-hybridized carbons (Fsp3) is 0.417. The Labute approximate surface area is 173 Å². The largest absolute Gasteiger partial charge is 0.348 e. The number of hydrogen-bond acceptors (Lipinski definition) is 3. The number of unbranched alkanes of at least 4 members (excludes halogenated alkanes) is 2. The minimum absolute atomic E-state index is 0.150. The van der Waals surface area contributed by atoms with Gasteiger partial charge in [-0.1, -0.05) is 80.4 Å². The van der Waals surface area contributed by atoms with Gasteiger partial charge in [-0.3, -0.25) is 14.5 Å². The zero-order valence-corrected chi connectivity index (χ0v) is 17.2. The minimum atomic E-state index is -0.475. The van der Waals surface area contributed by atoms with Crippen LogP contribution in [0, 0.1) is 0 Å². The first-order valence-electron chi connectivity index (χ1n) is 10.6. The fourth-order valence-corrected chi connectivity index (χ4v) is 3.86. The van der Waals surface area contributed by atoms with E-state index in [-0.39, 0.29) is 6.04 Å². The number of nitrogens with one attached hydrogen (secondary N) is 1. The van der Waals surface area contributed by atoms with Crippen molar-refractivity contribution in [1.82, 2.24) is 15.1 Å². The molecule has 0 atom stereocenters. The molecule has 1 fully saturated rings. The van der Waals surface area contributed by atoms with Crippen molar-refractivity contribution >= 4 is 11.8 Å². The van der Waals surface area contributed by atoms with Gasteiger partial charge in [0.15, 0.2) is 0 Å². The lowest BCUT2D eigenvalue weighted by Gasteiger charge is -2.39. The van der Waals surface area contributed by atoms with E-state index < -0.39 is 11.8 Å². The molecule has 0 aliphatic carbocycles. The molecule has 5 nitrogen and oxygen atoms in total. The van der Waals surface area contributed by atoms with Crippen LogP contribution in [-0.2, 0) is 9.59 Å². The third-order valence-electron chi connectivity index (χ3n) is 5.46. The zero-order chi connectivity index (χ0) is 20.5. The number of carbonyl (C=O) groups is 2. The monoisotopic (exact) mass is 393 g/mol. The molecule has 29 heavy (non-hydrogen) atoms. The van der Waals surface area contributed by atoms with Gasteiger partial charge in [0.05, 0.1) is 6.04 Å². The first kappa shape index (κ1) is 21.1. The Morgan fingerprint density at radius 3 is 1.93 bits per heavy atom. The standard InChI is InChI=1S/C24H31N3O2/c1-2-3-10-15-25-23(28)24(29)27-18-16-26(17-19-27)22(20-11-6-4-7-12-20)21-13-8-5-9-14-21/h4-9,11-14,22H,2-3,10,15-19H2,1H3,(H,25,28). The molecule has 3 rings (SSSR count). The lowest BCUT2D eigenvalue weighted by Crippen LogP contribution is -2.53. The van der Waals surface area contributed by atoms with Crippen molar-refractivity contribution in [2.75, 3.05) is 32.7 Å². The number of benzene rings is 2. The Kier molecular flexibility index (Phi) is 7.82. The molecule has 0 saturated carbocycles. The second-order valence-electron chi connectivity index (χ2n) is 7.52. The smallest absolute Gasteiger partial charge is 0.311 e. The quantitative estimate of drug-likeness (QED) is 0.580. The molecule has 0 bridgehead atoms. The van der Waals surface area contributed by atoms with Crippen LogP contribution < -0.4 is 5.32 Å². The zero-order valence-electron chi connectivity index (χ0n) is 17.2. The van der Waals surface area contributed by atoms with E-state index in [2.05, 4.69) is 65.7 Å². The van der Waals surface area contributed by atoms with Crippen LogP contribution in [0.15, 0.2) is 60.7 Å². The maximum absolute atomic E-state index is 12.5. The van der Waals surface area contributed by atoms with E-state index in [1.54, 1.807) is 4.90 Å². The van der Waals surface area contributed by atoms with Crippen LogP contribution in [0.3, 0.4) is 0 Å². The van der Waals surface area contributed by atoms with Gasteiger partial charge in [0, 0.05) is 32.7 Å². The molecule has 2 amide bonds. The van der Waals surface area contributed by atoms with Crippen molar-refractivity contribution in [1.29, 1.82) is 0 Å². The molecule has 0 spiro atoms. The Morgan fingerprint density at radius 2 is 1.41 bits per heavy atom. The molecule has 0 unspecified atom stereocenters. The van der Waals surface area contributed by atoms with Crippen LogP contribution in [-0.4, -0.2) is 54.3 Å². The second-order valence-corrected chi connectivity index (χ2v) is 7.52. The van der Waals surface area contributed by atoms with Gasteiger partial charge in [-0.2, -0.15) is 0 Å². The van der Waals surface area contributed by atoms with Gasteiger partial charge in [-0.15, -0.1) is 0 Å². The van der Waals surface area contributed by atoms with Crippen molar-refractivity contribution in [2.24, 2.45) is 0 Å². The minimum Gasteiger partial charge on any atom is -0.348 e. The van der Waals surface area contributed by atoms with Crippen LogP contribution in [0.5, 0.6) is 0 Å². The highest BCUT2D eigenvalue weighted by molar-refractivity contribution is 6.35. The SMILES string of the molecule is CCCCCNC(=O)C(=O)N1CCN(C(c2ccccc2)c2ccccc2)CC1. The summed E-state index contributed by atoms with van der Waals surface area (Å²) < 4.78 is 0. The summed E-state index contributed by atoms with van der Waals surface area (Å²) in [5.74, 6) is -0.880. The molecule has 1 aliphatic heterocycles. The summed E-state index contributed by atoms with van der Waals surface area (Å²) in [5.41, 5.74) is 2.49. The summed E-state index contributed by atoms with van der Waals surface area (Å²) in [7, 11) is 0. The van der Waals surface area contributed by atoms with Gasteiger partial charge in [-0.25, -0.2) is 0 Å². The average molecular weight is 394 g/mol. The summed E-state index contributed by atoms with van der Waals surface area (Å²) in [6.45, 7) is 5.30. The lowest BCUT2D eigenvalue weighted by molar-refractivity contribution is -0.147. The van der Waals surface area contributed by atoms with E-state index in [9.17, 15) is 9.59 Å². The molecule has 0 radical (unpaired) electrons. The van der Waals surface area contributed by atoms with E-state index in [1.807, 2.05) is 12.1 Å². The molecule has 154 valence electrons. The first-order valence-corrected chi connectivity index (χ1v) is 10.6. The predicted octanol–water partition coefficient (Wildman–Crippen LogP) is 3.23. The van der Waals surface area contributed by atoms with Crippen molar-refractivity contribution in [3.05, 3.63) is 71.8 Å². The van der Waals surface area contributed by atoms with Crippen molar-refractivity contribution in [2.45, 2.75) is 32.2 Å². The van der Waals surface area contributed by atoms with E-state index in [0.29, 0.717) is 19.6 Å². The predicted molar refractivity (Wildman–Crippen MR) is 115 cm³/mol. The van der Waals surface area contributed by atoms with Crippen molar-refractivity contribution in [3.63, 3.8) is 0 Å². The summed E-state index contributed by atoms with van der Waals surface area (Å²) in [6.07, 6.45) is 3.07. The molecular formula is C24H31N3O2. The molecular weight excluding hydrogens is 362 g/mol. The van der Waals surface area contributed by atoms with E-state index in [0.717, 1.165) is 32.4 Å². The fourth-order valence-electron chi connectivity index (χ4n) is 3.86. The highest BCUT2D eigenvalue weighted by Crippen LogP contribution is 2.29. The highest BCUT2D eigenvalue weighted by Gasteiger charge is 2.30. The van der Waals surface area contributed by atoms with E-state index in [4.69, 9.17) is 0 Å². The topological polar surface area (TPSA) is 52.7 Å². The third-order valence-corrected chi connectivity index (χ3v) is 5.46. The van der Waals surface area contributed by atoms with Gasteiger partial charge in [0.1, 0.15) is 0 Å². The Balaban J connectivity index is 1.62. The summed E-state index contributed by atoms with van der Waals surface area (Å²) in [6, 6.07) is 21.1. The number of piperazine rings is 1. The number of rotatable bonds is 7. The van der Waals surface area contributed by atoms with Crippen molar-refractivity contribution < 1.29 is 9.59 Å². The van der Waals surface area contributed by atoms with Crippen LogP contribution >= 0.6 is 0 Å². The van der Waals surface area contributed by atoms with Gasteiger partial charge < -0.3 is 10.2 Å². The Morgan fingerprint density at radius 1 is 0.862 bits per heavy atom. The molecule has 5 heteroatoms. The molecule has 2 aromatic carbocycles. The summed E-state index contributed by atoms with van der Waals surface area (Å²) in [4.78, 5) is 28.7. The number of carbonyl (C=O) groups excluding carboxylic acids is 2. The Hall–Kier alpha value is -2.66. The van der Waals surface area contributed by atoms with E-state index in [1.165, 1.54) is 11.1 Å². The number of hydrogen-bond donors (Lipinski definition) is 1. The lowest BCUT2D eigenvalue weighted by atomic mass is 9.96. The second kappa shape index (κ2) is 10.8. The molecule has 0 aromatic heterocycles. The molecule has 1 N–H and O–H groups in total. The summed E-state index contributed by atoms with van der Waals surface area (Å²) >= 11 is 0. The number of nitrogens with zero attached hydrogens (tertiary/aromatic N) is 2. The van der Waals surface area contributed by atoms with E-state index >= 15 is 0 Å². The maximum atomic E-state index is 12.5. The third kappa shape index (κ3) is 5.67. The summed E-state index contributed by atoms with van der Waals surface area (Å²) in [5, 5.41) is 2.76.